The fourth-order valence-corrected chi connectivity index (χ4v) is 2.58. The van der Waals surface area contributed by atoms with Gasteiger partial charge in [-0.1, -0.05) is 24.3 Å². The summed E-state index contributed by atoms with van der Waals surface area (Å²) in [4.78, 5) is 16.1. The lowest BCUT2D eigenvalue weighted by molar-refractivity contribution is -0.130. The zero-order chi connectivity index (χ0) is 17.1. The molecule has 0 aliphatic carbocycles. The first-order valence-electron chi connectivity index (χ1n) is 7.85. The first kappa shape index (κ1) is 15.1. The minimum atomic E-state index is -0.747. The second kappa shape index (κ2) is 6.60. The third-order valence-corrected chi connectivity index (χ3v) is 3.86. The van der Waals surface area contributed by atoms with E-state index >= 15 is 0 Å². The van der Waals surface area contributed by atoms with Crippen molar-refractivity contribution in [2.45, 2.75) is 6.10 Å². The molecule has 1 aliphatic rings. The normalized spacial score (nSPS) is 16.1. The number of hydrogen-bond donors (Lipinski definition) is 1. The zero-order valence-corrected chi connectivity index (χ0v) is 13.3. The molecular weight excluding hydrogens is 318 g/mol. The minimum Gasteiger partial charge on any atom is -0.485 e. The van der Waals surface area contributed by atoms with E-state index in [-0.39, 0.29) is 12.5 Å². The summed E-state index contributed by atoms with van der Waals surface area (Å²) >= 11 is 0. The van der Waals surface area contributed by atoms with Gasteiger partial charge in [0.25, 0.3) is 5.91 Å². The van der Waals surface area contributed by atoms with Crippen LogP contribution in [0.1, 0.15) is 5.56 Å². The van der Waals surface area contributed by atoms with Crippen LogP contribution in [0.2, 0.25) is 0 Å². The van der Waals surface area contributed by atoms with Gasteiger partial charge in [-0.05, 0) is 40.6 Å². The number of hydrogen-bond acceptors (Lipinski definition) is 5. The van der Waals surface area contributed by atoms with Gasteiger partial charge in [-0.15, -0.1) is 0 Å². The highest BCUT2D eigenvalue weighted by Gasteiger charge is 2.27. The van der Waals surface area contributed by atoms with Crippen molar-refractivity contribution in [2.75, 3.05) is 6.61 Å². The molecule has 1 atom stereocenters. The zero-order valence-electron chi connectivity index (χ0n) is 13.3. The van der Waals surface area contributed by atoms with Gasteiger partial charge < -0.3 is 9.47 Å². The third kappa shape index (κ3) is 3.28. The van der Waals surface area contributed by atoms with Crippen molar-refractivity contribution in [3.05, 3.63) is 66.5 Å². The maximum Gasteiger partial charge on any atom is 0.284 e. The molecule has 2 aromatic carbocycles. The average molecular weight is 333 g/mol. The number of benzene rings is 2. The lowest BCUT2D eigenvalue weighted by Gasteiger charge is -2.25. The van der Waals surface area contributed by atoms with Gasteiger partial charge in [0.1, 0.15) is 6.61 Å². The maximum atomic E-state index is 12.2. The second-order valence-corrected chi connectivity index (χ2v) is 5.58. The predicted molar refractivity (Wildman–Crippen MR) is 93.8 cm³/mol. The molecule has 1 N–H and O–H groups in total. The van der Waals surface area contributed by atoms with Crippen LogP contribution in [0.15, 0.2) is 66.0 Å². The van der Waals surface area contributed by atoms with Crippen molar-refractivity contribution in [1.82, 2.24) is 10.4 Å². The maximum absolute atomic E-state index is 12.2. The number of carbonyl (C=O) groups is 1. The summed E-state index contributed by atoms with van der Waals surface area (Å²) in [6.07, 6.45) is 4.11. The van der Waals surface area contributed by atoms with Crippen LogP contribution in [0.3, 0.4) is 0 Å². The Labute approximate surface area is 144 Å². The molecular formula is C19H15N3O3. The molecule has 2 heterocycles. The van der Waals surface area contributed by atoms with Gasteiger partial charge in [-0.2, -0.15) is 5.10 Å². The summed E-state index contributed by atoms with van der Waals surface area (Å²) in [6, 6.07) is 15.3. The van der Waals surface area contributed by atoms with Gasteiger partial charge in [0.05, 0.1) is 6.21 Å². The van der Waals surface area contributed by atoms with Crippen LogP contribution in [-0.2, 0) is 4.79 Å². The number of pyridine rings is 1. The summed E-state index contributed by atoms with van der Waals surface area (Å²) in [5.41, 5.74) is 3.31. The Morgan fingerprint density at radius 3 is 2.60 bits per heavy atom. The number of fused-ring (bicyclic) bond motifs is 2. The highest BCUT2D eigenvalue weighted by Crippen LogP contribution is 2.35. The monoisotopic (exact) mass is 333 g/mol. The van der Waals surface area contributed by atoms with Gasteiger partial charge in [-0.3, -0.25) is 9.78 Å². The molecule has 1 amide bonds. The average Bonchev–Trinajstić information content (AvgIpc) is 2.66. The second-order valence-electron chi connectivity index (χ2n) is 5.58. The molecule has 4 rings (SSSR count). The fraction of sp³-hybridized carbons (Fsp3) is 0.105. The Morgan fingerprint density at radius 1 is 1.12 bits per heavy atom. The van der Waals surface area contributed by atoms with E-state index in [0.29, 0.717) is 11.5 Å². The standard InChI is InChI=1S/C19H15N3O3/c23-19(22-21-11-13-5-7-20-8-6-13)18-12-24-16-9-14-3-1-2-4-15(14)10-17(16)25-18/h1-11,18H,12H2,(H,22,23)/t18-/m1/s1. The number of rotatable bonds is 3. The van der Waals surface area contributed by atoms with Crippen LogP contribution in [0.25, 0.3) is 10.8 Å². The SMILES string of the molecule is O=C(NN=Cc1ccncc1)[C@H]1COc2cc3ccccc3cc2O1. The summed E-state index contributed by atoms with van der Waals surface area (Å²) in [5, 5.41) is 6.03. The Kier molecular flexibility index (Phi) is 4.00. The summed E-state index contributed by atoms with van der Waals surface area (Å²) in [5.74, 6) is 0.843. The minimum absolute atomic E-state index is 0.141. The number of carbonyl (C=O) groups excluding carboxylic acids is 1. The van der Waals surface area contributed by atoms with Crippen molar-refractivity contribution in [3.63, 3.8) is 0 Å². The van der Waals surface area contributed by atoms with Crippen molar-refractivity contribution < 1.29 is 14.3 Å². The molecule has 0 radical (unpaired) electrons. The molecule has 0 unspecified atom stereocenters. The van der Waals surface area contributed by atoms with Crippen LogP contribution in [0, 0.1) is 0 Å². The van der Waals surface area contributed by atoms with Gasteiger partial charge in [0.2, 0.25) is 6.10 Å². The molecule has 0 spiro atoms. The number of hydrazone groups is 1. The molecule has 124 valence electrons. The smallest absolute Gasteiger partial charge is 0.284 e. The Morgan fingerprint density at radius 2 is 1.84 bits per heavy atom. The molecule has 6 nitrogen and oxygen atoms in total. The van der Waals surface area contributed by atoms with Crippen LogP contribution in [0.5, 0.6) is 11.5 Å². The van der Waals surface area contributed by atoms with E-state index in [1.807, 2.05) is 36.4 Å². The molecule has 0 fully saturated rings. The molecule has 25 heavy (non-hydrogen) atoms. The number of aromatic nitrogens is 1. The molecule has 1 aromatic heterocycles. The lowest BCUT2D eigenvalue weighted by Crippen LogP contribution is -2.42. The number of nitrogens with zero attached hydrogens (tertiary/aromatic N) is 2. The molecule has 0 bridgehead atoms. The van der Waals surface area contributed by atoms with Crippen LogP contribution in [-0.4, -0.2) is 29.8 Å². The molecule has 0 saturated carbocycles. The quantitative estimate of drug-likeness (QED) is 0.590. The third-order valence-electron chi connectivity index (χ3n) is 3.86. The van der Waals surface area contributed by atoms with E-state index in [0.717, 1.165) is 16.3 Å². The fourth-order valence-electron chi connectivity index (χ4n) is 2.58. The topological polar surface area (TPSA) is 72.8 Å². The number of ether oxygens (including phenoxy) is 2. The first-order valence-corrected chi connectivity index (χ1v) is 7.85. The van der Waals surface area contributed by atoms with Crippen molar-refractivity contribution in [1.29, 1.82) is 0 Å². The summed E-state index contributed by atoms with van der Waals surface area (Å²) in [6.45, 7) is 0.141. The number of nitrogens with one attached hydrogen (secondary N) is 1. The van der Waals surface area contributed by atoms with Crippen molar-refractivity contribution in [3.8, 4) is 11.5 Å². The Balaban J connectivity index is 1.45. The summed E-state index contributed by atoms with van der Waals surface area (Å²) in [7, 11) is 0. The van der Waals surface area contributed by atoms with E-state index in [4.69, 9.17) is 9.47 Å². The molecule has 0 saturated heterocycles. The predicted octanol–water partition coefficient (Wildman–Crippen LogP) is 2.52. The van der Waals surface area contributed by atoms with Crippen molar-refractivity contribution in [2.24, 2.45) is 5.10 Å². The van der Waals surface area contributed by atoms with E-state index in [1.54, 1.807) is 30.7 Å². The number of amides is 1. The Bertz CT molecular complexity index is 941. The van der Waals surface area contributed by atoms with Crippen LogP contribution < -0.4 is 14.9 Å². The molecule has 1 aliphatic heterocycles. The largest absolute Gasteiger partial charge is 0.485 e. The lowest BCUT2D eigenvalue weighted by atomic mass is 10.1. The molecule has 3 aromatic rings. The first-order chi connectivity index (χ1) is 12.3. The van der Waals surface area contributed by atoms with E-state index < -0.39 is 6.10 Å². The van der Waals surface area contributed by atoms with Gasteiger partial charge >= 0.3 is 0 Å². The highest BCUT2D eigenvalue weighted by atomic mass is 16.6. The van der Waals surface area contributed by atoms with Gasteiger partial charge in [-0.25, -0.2) is 5.43 Å². The van der Waals surface area contributed by atoms with Crippen molar-refractivity contribution >= 4 is 22.9 Å². The van der Waals surface area contributed by atoms with E-state index in [1.165, 1.54) is 0 Å². The van der Waals surface area contributed by atoms with Crippen LogP contribution in [0.4, 0.5) is 0 Å². The highest BCUT2D eigenvalue weighted by molar-refractivity contribution is 5.87. The summed E-state index contributed by atoms with van der Waals surface area (Å²) < 4.78 is 11.5. The van der Waals surface area contributed by atoms with Gasteiger partial charge in [0, 0.05) is 12.4 Å². The molecule has 6 heteroatoms. The van der Waals surface area contributed by atoms with E-state index in [9.17, 15) is 4.79 Å². The van der Waals surface area contributed by atoms with E-state index in [2.05, 4.69) is 15.5 Å². The Hall–Kier alpha value is -3.41. The van der Waals surface area contributed by atoms with Gasteiger partial charge in [0.15, 0.2) is 11.5 Å². The van der Waals surface area contributed by atoms with Crippen LogP contribution >= 0.6 is 0 Å².